The standard InChI is InChI=1S/C15H24N4O2/c1-10(2)13(14-16-6-8-19(14)4)17-15(21)11-5-7-18(3)12(20)9-11/h6,8,10-11,13H,5,7,9H2,1-4H3,(H,17,21). The van der Waals surface area contributed by atoms with Crippen molar-refractivity contribution in [3.05, 3.63) is 18.2 Å². The van der Waals surface area contributed by atoms with Crippen LogP contribution in [0.25, 0.3) is 0 Å². The number of piperidine rings is 1. The van der Waals surface area contributed by atoms with Crippen LogP contribution >= 0.6 is 0 Å². The number of nitrogens with one attached hydrogen (secondary N) is 1. The lowest BCUT2D eigenvalue weighted by molar-refractivity contribution is -0.139. The molecule has 6 nitrogen and oxygen atoms in total. The minimum absolute atomic E-state index is 0.0412. The van der Waals surface area contributed by atoms with Gasteiger partial charge in [0.15, 0.2) is 0 Å². The van der Waals surface area contributed by atoms with Crippen molar-refractivity contribution in [1.29, 1.82) is 0 Å². The normalized spacial score (nSPS) is 20.7. The Balaban J connectivity index is 2.06. The third-order valence-corrected chi connectivity index (χ3v) is 4.13. The zero-order valence-corrected chi connectivity index (χ0v) is 13.2. The number of aromatic nitrogens is 2. The van der Waals surface area contributed by atoms with Crippen LogP contribution in [0.2, 0.25) is 0 Å². The highest BCUT2D eigenvalue weighted by Gasteiger charge is 2.31. The molecule has 1 N–H and O–H groups in total. The molecule has 1 aliphatic heterocycles. The van der Waals surface area contributed by atoms with E-state index in [1.54, 1.807) is 18.1 Å². The molecule has 0 aromatic carbocycles. The molecule has 6 heteroatoms. The van der Waals surface area contributed by atoms with Crippen LogP contribution in [0.4, 0.5) is 0 Å². The fourth-order valence-corrected chi connectivity index (χ4v) is 2.64. The third-order valence-electron chi connectivity index (χ3n) is 4.13. The third kappa shape index (κ3) is 3.43. The molecule has 0 aliphatic carbocycles. The van der Waals surface area contributed by atoms with Gasteiger partial charge >= 0.3 is 0 Å². The van der Waals surface area contributed by atoms with Crippen LogP contribution in [0.5, 0.6) is 0 Å². The Hall–Kier alpha value is -1.85. The molecule has 1 fully saturated rings. The maximum Gasteiger partial charge on any atom is 0.224 e. The molecule has 0 bridgehead atoms. The average Bonchev–Trinajstić information content (AvgIpc) is 2.84. The number of likely N-dealkylation sites (tertiary alicyclic amines) is 1. The molecule has 2 rings (SSSR count). The Kier molecular flexibility index (Phi) is 4.65. The summed E-state index contributed by atoms with van der Waals surface area (Å²) >= 11 is 0. The quantitative estimate of drug-likeness (QED) is 0.903. The highest BCUT2D eigenvalue weighted by Crippen LogP contribution is 2.23. The first-order chi connectivity index (χ1) is 9.90. The minimum atomic E-state index is -0.227. The van der Waals surface area contributed by atoms with E-state index in [1.165, 1.54) is 0 Å². The summed E-state index contributed by atoms with van der Waals surface area (Å²) in [7, 11) is 3.70. The molecule has 0 spiro atoms. The number of imidazole rings is 1. The molecule has 0 saturated carbocycles. The van der Waals surface area contributed by atoms with Crippen molar-refractivity contribution in [1.82, 2.24) is 19.8 Å². The lowest BCUT2D eigenvalue weighted by atomic mass is 9.94. The van der Waals surface area contributed by atoms with Gasteiger partial charge in [-0.3, -0.25) is 9.59 Å². The molecule has 1 aromatic heterocycles. The van der Waals surface area contributed by atoms with E-state index in [9.17, 15) is 9.59 Å². The fourth-order valence-electron chi connectivity index (χ4n) is 2.64. The number of hydrogen-bond acceptors (Lipinski definition) is 3. The van der Waals surface area contributed by atoms with Crippen LogP contribution in [0.3, 0.4) is 0 Å². The maximum atomic E-state index is 12.5. The molecule has 1 aromatic rings. The van der Waals surface area contributed by atoms with E-state index in [0.29, 0.717) is 13.0 Å². The number of amides is 2. The van der Waals surface area contributed by atoms with Crippen molar-refractivity contribution in [2.45, 2.75) is 32.7 Å². The summed E-state index contributed by atoms with van der Waals surface area (Å²) in [5.41, 5.74) is 0. The topological polar surface area (TPSA) is 67.2 Å². The SMILES string of the molecule is CC(C)C(NC(=O)C1CCN(C)C(=O)C1)c1nccn1C. The monoisotopic (exact) mass is 292 g/mol. The second-order valence-electron chi connectivity index (χ2n) is 6.13. The van der Waals surface area contributed by atoms with Crippen molar-refractivity contribution in [3.63, 3.8) is 0 Å². The van der Waals surface area contributed by atoms with Gasteiger partial charge in [-0.2, -0.15) is 0 Å². The van der Waals surface area contributed by atoms with Gasteiger partial charge in [0.2, 0.25) is 11.8 Å². The second-order valence-corrected chi connectivity index (χ2v) is 6.13. The van der Waals surface area contributed by atoms with E-state index in [-0.39, 0.29) is 29.7 Å². The number of rotatable bonds is 4. The van der Waals surface area contributed by atoms with E-state index < -0.39 is 0 Å². The van der Waals surface area contributed by atoms with Crippen molar-refractivity contribution < 1.29 is 9.59 Å². The summed E-state index contributed by atoms with van der Waals surface area (Å²) in [4.78, 5) is 30.2. The van der Waals surface area contributed by atoms with Gasteiger partial charge in [-0.25, -0.2) is 4.98 Å². The van der Waals surface area contributed by atoms with Crippen LogP contribution in [-0.4, -0.2) is 39.9 Å². The summed E-state index contributed by atoms with van der Waals surface area (Å²) < 4.78 is 1.92. The predicted molar refractivity (Wildman–Crippen MR) is 79.3 cm³/mol. The Morgan fingerprint density at radius 1 is 1.43 bits per heavy atom. The zero-order chi connectivity index (χ0) is 15.6. The van der Waals surface area contributed by atoms with E-state index in [1.807, 2.05) is 17.8 Å². The van der Waals surface area contributed by atoms with Gasteiger partial charge in [-0.1, -0.05) is 13.8 Å². The minimum Gasteiger partial charge on any atom is -0.346 e. The number of nitrogens with zero attached hydrogens (tertiary/aromatic N) is 3. The highest BCUT2D eigenvalue weighted by atomic mass is 16.2. The van der Waals surface area contributed by atoms with Crippen LogP contribution in [0.15, 0.2) is 12.4 Å². The Morgan fingerprint density at radius 3 is 2.67 bits per heavy atom. The molecular formula is C15H24N4O2. The first kappa shape index (κ1) is 15.5. The molecule has 0 radical (unpaired) electrons. The molecule has 2 atom stereocenters. The summed E-state index contributed by atoms with van der Waals surface area (Å²) in [6.07, 6.45) is 4.62. The predicted octanol–water partition coefficient (Wildman–Crippen LogP) is 1.10. The van der Waals surface area contributed by atoms with Gasteiger partial charge < -0.3 is 14.8 Å². The van der Waals surface area contributed by atoms with Crippen LogP contribution < -0.4 is 5.32 Å². The van der Waals surface area contributed by atoms with Gasteiger partial charge in [0.25, 0.3) is 0 Å². The number of hydrogen-bond donors (Lipinski definition) is 1. The second kappa shape index (κ2) is 6.28. The van der Waals surface area contributed by atoms with Crippen LogP contribution in [0, 0.1) is 11.8 Å². The summed E-state index contributed by atoms with van der Waals surface area (Å²) in [6.45, 7) is 4.75. The first-order valence-corrected chi connectivity index (χ1v) is 7.41. The Bertz CT molecular complexity index is 523. The number of carbonyl (C=O) groups is 2. The molecule has 1 saturated heterocycles. The van der Waals surface area contributed by atoms with Crippen molar-refractivity contribution in [2.75, 3.05) is 13.6 Å². The molecule has 1 aliphatic rings. The van der Waals surface area contributed by atoms with Crippen molar-refractivity contribution in [2.24, 2.45) is 18.9 Å². The lowest BCUT2D eigenvalue weighted by Crippen LogP contribution is -2.44. The molecule has 2 unspecified atom stereocenters. The van der Waals surface area contributed by atoms with Crippen LogP contribution in [-0.2, 0) is 16.6 Å². The van der Waals surface area contributed by atoms with E-state index in [2.05, 4.69) is 24.1 Å². The summed E-state index contributed by atoms with van der Waals surface area (Å²) in [5.74, 6) is 0.850. The summed E-state index contributed by atoms with van der Waals surface area (Å²) in [6, 6.07) is -0.132. The van der Waals surface area contributed by atoms with E-state index in [0.717, 1.165) is 12.2 Å². The lowest BCUT2D eigenvalue weighted by Gasteiger charge is -2.30. The highest BCUT2D eigenvalue weighted by molar-refractivity contribution is 5.87. The van der Waals surface area contributed by atoms with Gasteiger partial charge in [0, 0.05) is 45.4 Å². The van der Waals surface area contributed by atoms with Gasteiger partial charge in [0.1, 0.15) is 5.82 Å². The Morgan fingerprint density at radius 2 is 2.14 bits per heavy atom. The fraction of sp³-hybridized carbons (Fsp3) is 0.667. The maximum absolute atomic E-state index is 12.5. The summed E-state index contributed by atoms with van der Waals surface area (Å²) in [5, 5.41) is 3.07. The largest absolute Gasteiger partial charge is 0.346 e. The zero-order valence-electron chi connectivity index (χ0n) is 13.2. The van der Waals surface area contributed by atoms with E-state index in [4.69, 9.17) is 0 Å². The smallest absolute Gasteiger partial charge is 0.224 e. The molecule has 116 valence electrons. The van der Waals surface area contributed by atoms with Gasteiger partial charge in [-0.05, 0) is 12.3 Å². The van der Waals surface area contributed by atoms with Gasteiger partial charge in [0.05, 0.1) is 6.04 Å². The molecular weight excluding hydrogens is 268 g/mol. The van der Waals surface area contributed by atoms with Crippen molar-refractivity contribution >= 4 is 11.8 Å². The van der Waals surface area contributed by atoms with Crippen LogP contribution in [0.1, 0.15) is 38.6 Å². The average molecular weight is 292 g/mol. The molecule has 2 heterocycles. The van der Waals surface area contributed by atoms with Gasteiger partial charge in [-0.15, -0.1) is 0 Å². The molecule has 21 heavy (non-hydrogen) atoms. The number of aryl methyl sites for hydroxylation is 1. The number of carbonyl (C=O) groups excluding carboxylic acids is 2. The van der Waals surface area contributed by atoms with E-state index >= 15 is 0 Å². The Labute approximate surface area is 125 Å². The van der Waals surface area contributed by atoms with Crippen molar-refractivity contribution in [3.8, 4) is 0 Å². The molecule has 2 amide bonds. The first-order valence-electron chi connectivity index (χ1n) is 7.41.